The number of aryl methyl sites for hydroxylation is 1. The van der Waals surface area contributed by atoms with Gasteiger partial charge in [-0.2, -0.15) is 0 Å². The highest BCUT2D eigenvalue weighted by Gasteiger charge is 2.11. The van der Waals surface area contributed by atoms with E-state index in [4.69, 9.17) is 4.74 Å². The van der Waals surface area contributed by atoms with E-state index in [1.54, 1.807) is 49.4 Å². The number of hydrogen-bond donors (Lipinski definition) is 1. The van der Waals surface area contributed by atoms with E-state index < -0.39 is 5.97 Å². The van der Waals surface area contributed by atoms with Crippen molar-refractivity contribution in [2.45, 2.75) is 24.0 Å². The Bertz CT molecular complexity index is 1120. The van der Waals surface area contributed by atoms with E-state index in [2.05, 4.69) is 15.3 Å². The molecular weight excluding hydrogens is 458 g/mol. The van der Waals surface area contributed by atoms with Gasteiger partial charge in [0.1, 0.15) is 5.03 Å². The molecule has 3 rings (SSSR count). The first-order valence-electron chi connectivity index (χ1n) is 10.2. The fourth-order valence-corrected chi connectivity index (χ4v) is 4.34. The molecular formula is C24H23N3O4S2. The molecule has 0 radical (unpaired) electrons. The Morgan fingerprint density at radius 3 is 2.33 bits per heavy atom. The summed E-state index contributed by atoms with van der Waals surface area (Å²) >= 11 is 2.56. The molecule has 0 bridgehead atoms. The van der Waals surface area contributed by atoms with Crippen LogP contribution in [0.5, 0.6) is 0 Å². The van der Waals surface area contributed by atoms with Crippen LogP contribution in [0, 0.1) is 6.92 Å². The molecule has 0 saturated heterocycles. The molecule has 1 heterocycles. The maximum Gasteiger partial charge on any atom is 0.338 e. The maximum absolute atomic E-state index is 12.3. The van der Waals surface area contributed by atoms with Gasteiger partial charge in [0.15, 0.2) is 10.9 Å². The van der Waals surface area contributed by atoms with Crippen LogP contribution in [0.3, 0.4) is 0 Å². The fourth-order valence-electron chi connectivity index (χ4n) is 2.73. The second-order valence-corrected chi connectivity index (χ2v) is 8.78. The number of thioether (sulfide) groups is 2. The quantitative estimate of drug-likeness (QED) is 0.147. The van der Waals surface area contributed by atoms with E-state index in [-0.39, 0.29) is 23.2 Å². The van der Waals surface area contributed by atoms with E-state index in [9.17, 15) is 14.4 Å². The Balaban J connectivity index is 1.52. The van der Waals surface area contributed by atoms with Crippen molar-refractivity contribution >= 4 is 46.9 Å². The Morgan fingerprint density at radius 1 is 0.909 bits per heavy atom. The lowest BCUT2D eigenvalue weighted by Gasteiger charge is -2.08. The topological polar surface area (TPSA) is 98.2 Å². The lowest BCUT2D eigenvalue weighted by atomic mass is 10.2. The molecule has 2 aromatic carbocycles. The first kappa shape index (κ1) is 24.5. The van der Waals surface area contributed by atoms with Crippen LogP contribution >= 0.6 is 23.5 Å². The molecule has 0 atom stereocenters. The van der Waals surface area contributed by atoms with Gasteiger partial charge in [-0.05, 0) is 44.2 Å². The summed E-state index contributed by atoms with van der Waals surface area (Å²) in [6.07, 6.45) is 0. The van der Waals surface area contributed by atoms with Gasteiger partial charge in [0, 0.05) is 16.9 Å². The first-order valence-corrected chi connectivity index (χ1v) is 12.2. The number of carbonyl (C=O) groups is 3. The molecule has 33 heavy (non-hydrogen) atoms. The van der Waals surface area contributed by atoms with Crippen molar-refractivity contribution in [1.29, 1.82) is 0 Å². The zero-order valence-electron chi connectivity index (χ0n) is 18.2. The van der Waals surface area contributed by atoms with E-state index in [0.29, 0.717) is 33.6 Å². The number of ketones is 1. The Kier molecular flexibility index (Phi) is 9.03. The van der Waals surface area contributed by atoms with Crippen LogP contribution < -0.4 is 5.32 Å². The molecule has 0 aliphatic rings. The second kappa shape index (κ2) is 12.2. The summed E-state index contributed by atoms with van der Waals surface area (Å²) in [4.78, 5) is 45.2. The Hall–Kier alpha value is -3.17. The van der Waals surface area contributed by atoms with E-state index in [1.165, 1.54) is 23.5 Å². The smallest absolute Gasteiger partial charge is 0.338 e. The summed E-state index contributed by atoms with van der Waals surface area (Å²) in [6, 6.07) is 17.4. The van der Waals surface area contributed by atoms with E-state index in [0.717, 1.165) is 5.69 Å². The number of hydrogen-bond acceptors (Lipinski definition) is 8. The molecule has 1 amide bonds. The molecule has 170 valence electrons. The molecule has 0 spiro atoms. The standard InChI is InChI=1S/C24H23N3O4S2/c1-3-31-23(30)18-9-11-19(12-10-18)26-21(29)15-32-22-13-16(2)25-24(27-22)33-14-20(28)17-7-5-4-6-8-17/h4-13H,3,14-15H2,1-2H3,(H,26,29). The third-order valence-corrected chi connectivity index (χ3v) is 6.03. The predicted molar refractivity (Wildman–Crippen MR) is 130 cm³/mol. The monoisotopic (exact) mass is 481 g/mol. The van der Waals surface area contributed by atoms with Crippen molar-refractivity contribution in [3.05, 3.63) is 77.5 Å². The molecule has 9 heteroatoms. The molecule has 0 saturated carbocycles. The van der Waals surface area contributed by atoms with Gasteiger partial charge in [0.05, 0.1) is 23.7 Å². The van der Waals surface area contributed by atoms with Crippen LogP contribution in [0.4, 0.5) is 5.69 Å². The minimum absolute atomic E-state index is 0.00765. The summed E-state index contributed by atoms with van der Waals surface area (Å²) < 4.78 is 4.95. The SMILES string of the molecule is CCOC(=O)c1ccc(NC(=O)CSc2cc(C)nc(SCC(=O)c3ccccc3)n2)cc1. The highest BCUT2D eigenvalue weighted by atomic mass is 32.2. The molecule has 0 fully saturated rings. The molecule has 0 aliphatic carbocycles. The van der Waals surface area contributed by atoms with Crippen molar-refractivity contribution in [1.82, 2.24) is 9.97 Å². The highest BCUT2D eigenvalue weighted by molar-refractivity contribution is 8.00. The molecule has 0 aliphatic heterocycles. The van der Waals surface area contributed by atoms with Gasteiger partial charge >= 0.3 is 5.97 Å². The van der Waals surface area contributed by atoms with Crippen molar-refractivity contribution in [2.75, 3.05) is 23.4 Å². The number of rotatable bonds is 10. The predicted octanol–water partition coefficient (Wildman–Crippen LogP) is 4.67. The van der Waals surface area contributed by atoms with Gasteiger partial charge in [-0.3, -0.25) is 9.59 Å². The molecule has 1 N–H and O–H groups in total. The van der Waals surface area contributed by atoms with Crippen molar-refractivity contribution in [3.8, 4) is 0 Å². The first-order chi connectivity index (χ1) is 15.9. The van der Waals surface area contributed by atoms with Gasteiger partial charge in [0.2, 0.25) is 5.91 Å². The van der Waals surface area contributed by atoms with Crippen molar-refractivity contribution < 1.29 is 19.1 Å². The average Bonchev–Trinajstić information content (AvgIpc) is 2.82. The number of Topliss-reactive ketones (excluding diaryl/α,β-unsaturated/α-hetero) is 1. The van der Waals surface area contributed by atoms with Gasteiger partial charge in [-0.25, -0.2) is 14.8 Å². The summed E-state index contributed by atoms with van der Waals surface area (Å²) in [7, 11) is 0. The molecule has 3 aromatic rings. The number of nitrogens with one attached hydrogen (secondary N) is 1. The summed E-state index contributed by atoms with van der Waals surface area (Å²) in [6.45, 7) is 3.90. The van der Waals surface area contributed by atoms with Gasteiger partial charge in [-0.15, -0.1) is 0 Å². The minimum Gasteiger partial charge on any atom is -0.462 e. The van der Waals surface area contributed by atoms with Gasteiger partial charge in [-0.1, -0.05) is 53.9 Å². The third-order valence-electron chi connectivity index (χ3n) is 4.27. The molecule has 1 aromatic heterocycles. The number of ether oxygens (including phenoxy) is 1. The van der Waals surface area contributed by atoms with Crippen LogP contribution in [-0.2, 0) is 9.53 Å². The zero-order valence-corrected chi connectivity index (χ0v) is 19.9. The maximum atomic E-state index is 12.3. The van der Waals surface area contributed by atoms with Gasteiger partial charge in [0.25, 0.3) is 0 Å². The fraction of sp³-hybridized carbons (Fsp3) is 0.208. The third kappa shape index (κ3) is 7.73. The van der Waals surface area contributed by atoms with Crippen molar-refractivity contribution in [2.24, 2.45) is 0 Å². The lowest BCUT2D eigenvalue weighted by Crippen LogP contribution is -2.14. The van der Waals surface area contributed by atoms with Crippen LogP contribution in [0.2, 0.25) is 0 Å². The number of aromatic nitrogens is 2. The molecule has 0 unspecified atom stereocenters. The lowest BCUT2D eigenvalue weighted by molar-refractivity contribution is -0.113. The normalized spacial score (nSPS) is 10.5. The summed E-state index contributed by atoms with van der Waals surface area (Å²) in [5.41, 5.74) is 2.43. The number of amides is 1. The number of esters is 1. The molecule has 7 nitrogen and oxygen atoms in total. The van der Waals surface area contributed by atoms with Crippen LogP contribution in [-0.4, -0.2) is 45.7 Å². The van der Waals surface area contributed by atoms with Crippen molar-refractivity contribution in [3.63, 3.8) is 0 Å². The second-order valence-electron chi connectivity index (χ2n) is 6.84. The number of carbonyl (C=O) groups excluding carboxylic acids is 3. The highest BCUT2D eigenvalue weighted by Crippen LogP contribution is 2.22. The summed E-state index contributed by atoms with van der Waals surface area (Å²) in [5.74, 6) is -0.200. The Labute approximate surface area is 200 Å². The number of anilines is 1. The average molecular weight is 482 g/mol. The van der Waals surface area contributed by atoms with Crippen LogP contribution in [0.25, 0.3) is 0 Å². The van der Waals surface area contributed by atoms with Gasteiger partial charge < -0.3 is 10.1 Å². The van der Waals surface area contributed by atoms with E-state index >= 15 is 0 Å². The van der Waals surface area contributed by atoms with E-state index in [1.807, 2.05) is 25.1 Å². The minimum atomic E-state index is -0.399. The number of benzene rings is 2. The van der Waals surface area contributed by atoms with Crippen LogP contribution in [0.1, 0.15) is 33.3 Å². The number of nitrogens with zero attached hydrogens (tertiary/aromatic N) is 2. The summed E-state index contributed by atoms with van der Waals surface area (Å²) in [5, 5.41) is 3.95. The Morgan fingerprint density at radius 2 is 1.64 bits per heavy atom. The largest absolute Gasteiger partial charge is 0.462 e. The van der Waals surface area contributed by atoms with Crippen LogP contribution in [0.15, 0.2) is 70.8 Å². The zero-order chi connectivity index (χ0) is 23.6.